The highest BCUT2D eigenvalue weighted by atomic mass is 32.2. The van der Waals surface area contributed by atoms with E-state index < -0.39 is 57.9 Å². The van der Waals surface area contributed by atoms with E-state index in [2.05, 4.69) is 0 Å². The van der Waals surface area contributed by atoms with Crippen molar-refractivity contribution in [1.29, 1.82) is 5.41 Å². The fourth-order valence-electron chi connectivity index (χ4n) is 3.12. The van der Waals surface area contributed by atoms with E-state index in [1.807, 2.05) is 0 Å². The van der Waals surface area contributed by atoms with Gasteiger partial charge in [0.25, 0.3) is 20.2 Å². The second-order valence-electron chi connectivity index (χ2n) is 7.12. The van der Waals surface area contributed by atoms with Crippen LogP contribution < -0.4 is 11.5 Å². The monoisotopic (exact) mass is 635 g/mol. The number of hydrogen-bond acceptors (Lipinski definition) is 14. The quantitative estimate of drug-likeness (QED) is 0.188. The van der Waals surface area contributed by atoms with Gasteiger partial charge in [-0.3, -0.25) is 19.3 Å². The predicted octanol–water partition coefficient (Wildman–Crippen LogP) is 0.374. The number of nitrogens with two attached hydrogens (primary N) is 2. The van der Waals surface area contributed by atoms with Crippen LogP contribution in [0.4, 0.5) is 11.4 Å². The molecule has 20 heteroatoms. The van der Waals surface area contributed by atoms with Gasteiger partial charge in [0.05, 0.1) is 5.56 Å². The summed E-state index contributed by atoms with van der Waals surface area (Å²) < 4.78 is 113. The van der Waals surface area contributed by atoms with Crippen molar-refractivity contribution in [1.82, 2.24) is 0 Å². The highest BCUT2D eigenvalue weighted by Crippen LogP contribution is 2.28. The van der Waals surface area contributed by atoms with Crippen LogP contribution in [0.5, 0.6) is 0 Å². The first-order chi connectivity index (χ1) is 18.3. The summed E-state index contributed by atoms with van der Waals surface area (Å²) in [5, 5.41) is 8.57. The van der Waals surface area contributed by atoms with Crippen molar-refractivity contribution >= 4 is 81.2 Å². The minimum Gasteiger partial charge on any atom is -0.399 e. The zero-order valence-corrected chi connectivity index (χ0v) is 22.7. The van der Waals surface area contributed by atoms with Crippen LogP contribution in [0.15, 0.2) is 64.4 Å². The van der Waals surface area contributed by atoms with E-state index >= 15 is 0 Å². The number of carbonyl (C=O) groups is 1. The summed E-state index contributed by atoms with van der Waals surface area (Å²) in [5.41, 5.74) is 11.5. The summed E-state index contributed by atoms with van der Waals surface area (Å²) in [6, 6.07) is 14.0. The fourth-order valence-corrected chi connectivity index (χ4v) is 4.46. The Morgan fingerprint density at radius 2 is 1.27 bits per heavy atom. The van der Waals surface area contributed by atoms with E-state index in [9.17, 15) is 21.6 Å². The molecule has 0 unspecified atom stereocenters. The van der Waals surface area contributed by atoms with Crippen LogP contribution in [0, 0.1) is 5.41 Å². The number of Topliss-reactive ketones (excluding diaryl/α,β-unsaturated/α-hetero) is 1. The number of benzene rings is 3. The lowest BCUT2D eigenvalue weighted by Gasteiger charge is -2.15. The number of nitrogens with one attached hydrogen (secondary N) is 1. The van der Waals surface area contributed by atoms with Crippen LogP contribution >= 0.6 is 0 Å². The molecule has 0 saturated heterocycles. The molecule has 1 aliphatic carbocycles. The van der Waals surface area contributed by atoms with Gasteiger partial charge in [0.2, 0.25) is 5.78 Å². The Morgan fingerprint density at radius 3 is 1.77 bits per heavy atom. The molecule has 1 aliphatic rings. The first-order valence-corrected chi connectivity index (χ1v) is 14.7. The molecule has 0 amide bonds. The summed E-state index contributed by atoms with van der Waals surface area (Å²) in [6.45, 7) is 0. The maximum absolute atomic E-state index is 11.8. The third-order valence-electron chi connectivity index (χ3n) is 4.54. The summed E-state index contributed by atoms with van der Waals surface area (Å²) in [7, 11) is -15.0. The average Bonchev–Trinajstić information content (AvgIpc) is 2.79. The van der Waals surface area contributed by atoms with E-state index in [0.29, 0.717) is 16.5 Å². The van der Waals surface area contributed by atoms with Crippen molar-refractivity contribution in [3.8, 4) is 0 Å². The number of hydrogen-bond donors (Lipinski definition) is 5. The zero-order valence-electron chi connectivity index (χ0n) is 19.4. The molecule has 40 heavy (non-hydrogen) atoms. The van der Waals surface area contributed by atoms with Crippen molar-refractivity contribution in [2.45, 2.75) is 4.90 Å². The second kappa shape index (κ2) is 13.6. The Hall–Kier alpha value is -4.34. The Kier molecular flexibility index (Phi) is 11.5. The van der Waals surface area contributed by atoms with Crippen molar-refractivity contribution < 1.29 is 56.0 Å². The van der Waals surface area contributed by atoms with Gasteiger partial charge >= 0.3 is 21.2 Å². The molecule has 0 heterocycles. The minimum atomic E-state index is -4.59. The van der Waals surface area contributed by atoms with Crippen LogP contribution in [0.2, 0.25) is 0 Å². The second-order valence-corrected chi connectivity index (χ2v) is 10.7. The highest BCUT2D eigenvalue weighted by Gasteiger charge is 2.32. The highest BCUT2D eigenvalue weighted by molar-refractivity contribution is 7.91. The zero-order chi connectivity index (χ0) is 31.0. The molecule has 0 spiro atoms. The van der Waals surface area contributed by atoms with E-state index in [4.69, 9.17) is 51.2 Å². The molecule has 0 fully saturated rings. The van der Waals surface area contributed by atoms with E-state index in [0.717, 1.165) is 6.08 Å². The van der Waals surface area contributed by atoms with Crippen LogP contribution in [0.3, 0.4) is 0 Å². The molecular formula is C20H17N3O13S4. The molecule has 0 saturated carbocycles. The van der Waals surface area contributed by atoms with Crippen LogP contribution in [0.1, 0.15) is 15.9 Å². The number of allylic oxidation sites excluding steroid dienone is 1. The van der Waals surface area contributed by atoms with Crippen LogP contribution in [0.25, 0.3) is 16.8 Å². The lowest BCUT2D eigenvalue weighted by atomic mass is 9.93. The Bertz CT molecular complexity index is 1930. The third-order valence-corrected chi connectivity index (χ3v) is 6.33. The van der Waals surface area contributed by atoms with Gasteiger partial charge in [0.15, 0.2) is 0 Å². The first-order valence-electron chi connectivity index (χ1n) is 9.77. The molecule has 16 nitrogen and oxygen atoms in total. The van der Waals surface area contributed by atoms with Crippen LogP contribution in [-0.4, -0.2) is 62.7 Å². The largest absolute Gasteiger partial charge is 0.425 e. The number of carbonyl (C=O) groups excluding carboxylic acids is 1. The number of anilines is 2. The molecule has 0 radical (unpaired) electrons. The van der Waals surface area contributed by atoms with E-state index in [1.54, 1.807) is 36.4 Å². The van der Waals surface area contributed by atoms with E-state index in [-0.39, 0.29) is 21.7 Å². The number of fused-ring (bicyclic) bond motifs is 2. The molecule has 214 valence electrons. The molecule has 4 rings (SSSR count). The van der Waals surface area contributed by atoms with Crippen molar-refractivity contribution in [2.75, 3.05) is 11.5 Å². The van der Waals surface area contributed by atoms with Crippen molar-refractivity contribution in [3.05, 3.63) is 70.6 Å². The lowest BCUT2D eigenvalue weighted by molar-refractivity contribution is 0.106. The summed E-state index contributed by atoms with van der Waals surface area (Å²) in [4.78, 5) is 11.0. The molecule has 0 aromatic heterocycles. The maximum Gasteiger partial charge on any atom is 0.425 e. The van der Waals surface area contributed by atoms with Gasteiger partial charge in [-0.2, -0.15) is 16.8 Å². The summed E-state index contributed by atoms with van der Waals surface area (Å²) in [5.74, 6) is -0.812. The van der Waals surface area contributed by atoms with Crippen LogP contribution in [-0.2, 0) is 41.5 Å². The Labute approximate surface area is 229 Å². The lowest BCUT2D eigenvalue weighted by Crippen LogP contribution is -2.26. The van der Waals surface area contributed by atoms with Crippen molar-refractivity contribution in [2.24, 2.45) is 0 Å². The SMILES string of the molecule is N=C1C(=O)c2c(N)cccc2C=C1S(=O)(=O)O.Nc1ccc2c(S(=O)(=O)O)cccc2c1.O=S(=O)=O.O=S(=O)=O. The van der Waals surface area contributed by atoms with Gasteiger partial charge in [0.1, 0.15) is 15.5 Å². The number of ketones is 1. The molecule has 3 aromatic rings. The standard InChI is InChI=1S/C10H8N2O4S.C10H9NO3S.2O3S/c11-6-3-1-2-5-4-7(17(14,15)16)9(12)10(13)8(5)6;11-8-4-5-9-7(6-8)2-1-3-10(9)15(12,13)14;2*1-4(2)3/h1-4,12H,11H2,(H,14,15,16);1-6H,11H2,(H,12,13,14);;. The van der Waals surface area contributed by atoms with Gasteiger partial charge in [-0.15, -0.1) is 25.3 Å². The molecule has 0 aliphatic heterocycles. The maximum atomic E-state index is 11.8. The molecule has 0 atom stereocenters. The predicted molar refractivity (Wildman–Crippen MR) is 140 cm³/mol. The average molecular weight is 636 g/mol. The molecular weight excluding hydrogens is 618 g/mol. The van der Waals surface area contributed by atoms with Gasteiger partial charge < -0.3 is 11.5 Å². The normalized spacial score (nSPS) is 12.2. The number of rotatable bonds is 2. The van der Waals surface area contributed by atoms with Gasteiger partial charge in [-0.25, -0.2) is 0 Å². The minimum absolute atomic E-state index is 0.0879. The molecule has 3 aromatic carbocycles. The third kappa shape index (κ3) is 9.76. The Morgan fingerprint density at radius 1 is 0.750 bits per heavy atom. The number of nitrogen functional groups attached to an aromatic ring is 2. The van der Waals surface area contributed by atoms with Gasteiger partial charge in [-0.05, 0) is 41.3 Å². The fraction of sp³-hybridized carbons (Fsp3) is 0. The van der Waals surface area contributed by atoms with Gasteiger partial charge in [0, 0.05) is 16.8 Å². The summed E-state index contributed by atoms with van der Waals surface area (Å²) in [6.07, 6.45) is 1.06. The topological polar surface area (TPSA) is 304 Å². The first kappa shape index (κ1) is 33.7. The summed E-state index contributed by atoms with van der Waals surface area (Å²) >= 11 is 0. The smallest absolute Gasteiger partial charge is 0.399 e. The van der Waals surface area contributed by atoms with Gasteiger partial charge in [-0.1, -0.05) is 30.3 Å². The molecule has 0 bridgehead atoms. The van der Waals surface area contributed by atoms with Crippen molar-refractivity contribution in [3.63, 3.8) is 0 Å². The Balaban J connectivity index is 0.000000318. The van der Waals surface area contributed by atoms with E-state index in [1.165, 1.54) is 18.2 Å². The molecule has 7 N–H and O–H groups in total.